The number of hydrogen-bond acceptors (Lipinski definition) is 10. The summed E-state index contributed by atoms with van der Waals surface area (Å²) in [6.07, 6.45) is 3.80. The maximum Gasteiger partial charge on any atom is 0.329 e. The molecule has 3 aliphatic rings. The number of nitrogen functional groups attached to an aromatic ring is 1. The lowest BCUT2D eigenvalue weighted by Gasteiger charge is -2.45. The number of fused-ring (bicyclic) bond motifs is 3. The summed E-state index contributed by atoms with van der Waals surface area (Å²) in [5, 5.41) is 10.1. The maximum absolute atomic E-state index is 17.0. The molecule has 3 fully saturated rings. The number of hydrogen-bond donors (Lipinski definition) is 1. The van der Waals surface area contributed by atoms with Crippen molar-refractivity contribution in [1.29, 1.82) is 5.26 Å². The van der Waals surface area contributed by atoms with Gasteiger partial charge in [0.05, 0.1) is 46.2 Å². The minimum Gasteiger partial charge on any atom is -0.461 e. The standard InChI is InChI=1S/C35H32ClF4N9O2S/c1-18-11-47(17-43-18)33(50)48-14-34(40,15-48)13-46(2)31-21-8-23(36)26(20-4-5-24(38)29-25(20)22(10-41)30(42)52-29)27(39)28(21)44-32(45-31)51-16-35-6-3-7-49(35)12-19(37)9-35/h4-5,8,11,17,19H,3,6-7,9,12-16,42H2,1-2H3/t19-,35+/m1/s1. The fourth-order valence-electron chi connectivity index (χ4n) is 7.98. The van der Waals surface area contributed by atoms with Gasteiger partial charge in [-0.3, -0.25) is 9.47 Å². The van der Waals surface area contributed by atoms with Crippen LogP contribution in [0.3, 0.4) is 0 Å². The van der Waals surface area contributed by atoms with Gasteiger partial charge in [-0.2, -0.15) is 15.2 Å². The Morgan fingerprint density at radius 3 is 2.81 bits per heavy atom. The topological polar surface area (TPSA) is 129 Å². The number of amides is 1. The van der Waals surface area contributed by atoms with E-state index in [0.29, 0.717) is 18.7 Å². The van der Waals surface area contributed by atoms with E-state index >= 15 is 8.78 Å². The van der Waals surface area contributed by atoms with Crippen molar-refractivity contribution >= 4 is 60.8 Å². The Hall–Kier alpha value is -4.72. The van der Waals surface area contributed by atoms with Crippen LogP contribution in [0.1, 0.15) is 30.5 Å². The molecule has 2 aromatic carbocycles. The summed E-state index contributed by atoms with van der Waals surface area (Å²) in [7, 11) is 1.58. The van der Waals surface area contributed by atoms with E-state index in [-0.39, 0.29) is 92.2 Å². The van der Waals surface area contributed by atoms with Gasteiger partial charge in [-0.05, 0) is 44.0 Å². The Labute approximate surface area is 304 Å². The molecule has 52 heavy (non-hydrogen) atoms. The van der Waals surface area contributed by atoms with Crippen LogP contribution >= 0.6 is 22.9 Å². The SMILES string of the molecule is Cc1cn(C(=O)N2CC(F)(CN(C)c3nc(OC[C@@]45CCCN4C[C@H](F)C5)nc4c(F)c(-c5ccc(F)c6sc(N)c(C#N)c56)c(Cl)cc34)C2)cn1. The zero-order valence-electron chi connectivity index (χ0n) is 28.1. The Bertz CT molecular complexity index is 2320. The van der Waals surface area contributed by atoms with E-state index in [2.05, 4.69) is 19.9 Å². The molecule has 6 heterocycles. The van der Waals surface area contributed by atoms with Crippen LogP contribution in [0.15, 0.2) is 30.7 Å². The van der Waals surface area contributed by atoms with Crippen molar-refractivity contribution < 1.29 is 27.1 Å². The summed E-state index contributed by atoms with van der Waals surface area (Å²) in [5.74, 6) is -1.42. The normalized spacial score (nSPS) is 21.0. The number of aromatic nitrogens is 4. The molecule has 0 spiro atoms. The number of imidazole rings is 1. The molecule has 0 bridgehead atoms. The van der Waals surface area contributed by atoms with Gasteiger partial charge in [-0.15, -0.1) is 11.3 Å². The molecule has 1 amide bonds. The zero-order chi connectivity index (χ0) is 36.7. The third-order valence-corrected chi connectivity index (χ3v) is 11.6. The maximum atomic E-state index is 17.0. The monoisotopic (exact) mass is 753 g/mol. The fourth-order valence-corrected chi connectivity index (χ4v) is 9.22. The quantitative estimate of drug-likeness (QED) is 0.186. The van der Waals surface area contributed by atoms with E-state index in [1.807, 2.05) is 6.07 Å². The predicted octanol–water partition coefficient (Wildman–Crippen LogP) is 6.49. The number of nitriles is 1. The Morgan fingerprint density at radius 1 is 1.29 bits per heavy atom. The van der Waals surface area contributed by atoms with Gasteiger partial charge in [0.2, 0.25) is 0 Å². The lowest BCUT2D eigenvalue weighted by Crippen LogP contribution is -2.65. The van der Waals surface area contributed by atoms with Crippen LogP contribution in [-0.4, -0.2) is 99.1 Å². The van der Waals surface area contributed by atoms with Crippen LogP contribution in [-0.2, 0) is 0 Å². The van der Waals surface area contributed by atoms with E-state index in [0.717, 1.165) is 30.4 Å². The summed E-state index contributed by atoms with van der Waals surface area (Å²) >= 11 is 7.66. The van der Waals surface area contributed by atoms with E-state index in [4.69, 9.17) is 22.1 Å². The number of thiophene rings is 1. The van der Waals surface area contributed by atoms with Gasteiger partial charge in [-0.1, -0.05) is 17.7 Å². The number of carbonyl (C=O) groups excluding carboxylic acids is 1. The molecule has 0 unspecified atom stereocenters. The number of anilines is 2. The van der Waals surface area contributed by atoms with E-state index in [1.165, 1.54) is 32.8 Å². The van der Waals surface area contributed by atoms with E-state index < -0.39 is 35.0 Å². The second kappa shape index (κ2) is 12.5. The summed E-state index contributed by atoms with van der Waals surface area (Å²) in [6, 6.07) is 5.28. The highest BCUT2D eigenvalue weighted by atomic mass is 35.5. The molecule has 0 radical (unpaired) electrons. The molecular formula is C35H32ClF4N9O2S. The molecule has 2 atom stereocenters. The number of halogens is 5. The minimum atomic E-state index is -1.84. The number of nitrogens with two attached hydrogens (primary N) is 1. The van der Waals surface area contributed by atoms with Gasteiger partial charge in [0.1, 0.15) is 47.3 Å². The number of benzene rings is 2. The van der Waals surface area contributed by atoms with Gasteiger partial charge in [0, 0.05) is 42.5 Å². The molecular weight excluding hydrogens is 722 g/mol. The highest BCUT2D eigenvalue weighted by molar-refractivity contribution is 7.23. The molecule has 17 heteroatoms. The summed E-state index contributed by atoms with van der Waals surface area (Å²) in [4.78, 5) is 30.9. The molecule has 270 valence electrons. The minimum absolute atomic E-state index is 0.00950. The number of carbonyl (C=O) groups is 1. The predicted molar refractivity (Wildman–Crippen MR) is 189 cm³/mol. The highest BCUT2D eigenvalue weighted by Gasteiger charge is 2.50. The molecule has 8 rings (SSSR count). The van der Waals surface area contributed by atoms with Crippen molar-refractivity contribution in [2.75, 3.05) is 57.0 Å². The zero-order valence-corrected chi connectivity index (χ0v) is 29.7. The van der Waals surface area contributed by atoms with Crippen molar-refractivity contribution in [1.82, 2.24) is 29.3 Å². The Morgan fingerprint density at radius 2 is 2.08 bits per heavy atom. The van der Waals surface area contributed by atoms with Crippen molar-refractivity contribution in [3.05, 3.63) is 58.6 Å². The first kappa shape index (κ1) is 34.4. The average molecular weight is 754 g/mol. The van der Waals surface area contributed by atoms with Gasteiger partial charge in [-0.25, -0.2) is 27.3 Å². The van der Waals surface area contributed by atoms with Crippen molar-refractivity contribution in [3.8, 4) is 23.2 Å². The number of aryl methyl sites for hydroxylation is 1. The lowest BCUT2D eigenvalue weighted by atomic mass is 9.95. The lowest BCUT2D eigenvalue weighted by molar-refractivity contribution is 0.00186. The number of rotatable bonds is 7. The second-order valence-corrected chi connectivity index (χ2v) is 15.4. The number of ether oxygens (including phenoxy) is 1. The van der Waals surface area contributed by atoms with Gasteiger partial charge in [0.15, 0.2) is 11.5 Å². The van der Waals surface area contributed by atoms with Crippen LogP contribution in [0.2, 0.25) is 5.02 Å². The van der Waals surface area contributed by atoms with Crippen LogP contribution in [0.5, 0.6) is 6.01 Å². The molecule has 3 aliphatic heterocycles. The Balaban J connectivity index is 1.19. The van der Waals surface area contributed by atoms with Crippen molar-refractivity contribution in [3.63, 3.8) is 0 Å². The van der Waals surface area contributed by atoms with Crippen LogP contribution in [0.4, 0.5) is 33.2 Å². The van der Waals surface area contributed by atoms with Crippen molar-refractivity contribution in [2.24, 2.45) is 0 Å². The van der Waals surface area contributed by atoms with E-state index in [1.54, 1.807) is 20.2 Å². The molecule has 11 nitrogen and oxygen atoms in total. The third-order valence-electron chi connectivity index (χ3n) is 10.3. The Kier molecular flexibility index (Phi) is 8.23. The van der Waals surface area contributed by atoms with Crippen LogP contribution in [0.25, 0.3) is 32.1 Å². The van der Waals surface area contributed by atoms with Crippen molar-refractivity contribution in [2.45, 2.75) is 43.6 Å². The van der Waals surface area contributed by atoms with Gasteiger partial charge in [0.25, 0.3) is 0 Å². The third kappa shape index (κ3) is 5.57. The first-order valence-corrected chi connectivity index (χ1v) is 17.8. The van der Waals surface area contributed by atoms with Crippen LogP contribution in [0, 0.1) is 29.9 Å². The van der Waals surface area contributed by atoms with E-state index in [9.17, 15) is 18.8 Å². The first-order chi connectivity index (χ1) is 24.8. The number of likely N-dealkylation sites (tertiary alicyclic amines) is 1. The largest absolute Gasteiger partial charge is 0.461 e. The highest BCUT2D eigenvalue weighted by Crippen LogP contribution is 2.46. The van der Waals surface area contributed by atoms with Crippen LogP contribution < -0.4 is 15.4 Å². The molecule has 5 aromatic rings. The second-order valence-electron chi connectivity index (χ2n) is 14.0. The molecule has 2 N–H and O–H groups in total. The number of alkyl halides is 2. The molecule has 0 aliphatic carbocycles. The molecule has 0 saturated carbocycles. The summed E-state index contributed by atoms with van der Waals surface area (Å²) < 4.78 is 70.1. The smallest absolute Gasteiger partial charge is 0.329 e. The fraction of sp³-hybridized carbons (Fsp3) is 0.400. The van der Waals surface area contributed by atoms with Gasteiger partial charge < -0.3 is 20.3 Å². The molecule has 3 aromatic heterocycles. The van der Waals surface area contributed by atoms with Gasteiger partial charge >= 0.3 is 12.0 Å². The first-order valence-electron chi connectivity index (χ1n) is 16.6. The molecule has 3 saturated heterocycles. The number of nitrogens with zero attached hydrogens (tertiary/aromatic N) is 8. The average Bonchev–Trinajstić information content (AvgIpc) is 3.85. The summed E-state index contributed by atoms with van der Waals surface area (Å²) in [5.41, 5.74) is 4.07. The summed E-state index contributed by atoms with van der Waals surface area (Å²) in [6.45, 7) is 2.20.